The summed E-state index contributed by atoms with van der Waals surface area (Å²) in [5.74, 6) is 1.06. The van der Waals surface area contributed by atoms with Gasteiger partial charge >= 0.3 is 0 Å². The molecule has 0 bridgehead atoms. The minimum absolute atomic E-state index is 0.514. The molecule has 2 rings (SSSR count). The molecule has 0 saturated carbocycles. The van der Waals surface area contributed by atoms with Crippen LogP contribution in [0.15, 0.2) is 36.5 Å². The summed E-state index contributed by atoms with van der Waals surface area (Å²) in [7, 11) is 0. The second-order valence-corrected chi connectivity index (χ2v) is 6.00. The van der Waals surface area contributed by atoms with E-state index in [4.69, 9.17) is 0 Å². The first-order chi connectivity index (χ1) is 10.2. The third-order valence-electron chi connectivity index (χ3n) is 4.53. The Morgan fingerprint density at radius 1 is 1.00 bits per heavy atom. The molecule has 1 nitrogen and oxygen atoms in total. The van der Waals surface area contributed by atoms with Gasteiger partial charge in [-0.1, -0.05) is 58.0 Å². The molecule has 0 aliphatic carbocycles. The van der Waals surface area contributed by atoms with Crippen molar-refractivity contribution < 1.29 is 0 Å². The number of nitrogens with zero attached hydrogens (tertiary/aromatic N) is 1. The van der Waals surface area contributed by atoms with Gasteiger partial charge in [0.1, 0.15) is 0 Å². The summed E-state index contributed by atoms with van der Waals surface area (Å²) < 4.78 is 0. The molecule has 21 heavy (non-hydrogen) atoms. The highest BCUT2D eigenvalue weighted by atomic mass is 14.6. The van der Waals surface area contributed by atoms with E-state index in [-0.39, 0.29) is 0 Å². The average molecular weight is 280 g/mol. The molecule has 2 atom stereocenters. The van der Waals surface area contributed by atoms with E-state index in [1.54, 1.807) is 0 Å². The highest BCUT2D eigenvalue weighted by Crippen LogP contribution is 2.31. The Balaban J connectivity index is 2.47. The smallest absolute Gasteiger partial charge is 0.0926 e. The largest absolute Gasteiger partial charge is 0.254 e. The van der Waals surface area contributed by atoms with E-state index in [0.29, 0.717) is 11.8 Å². The molecule has 1 radical (unpaired) electrons. The second-order valence-electron chi connectivity index (χ2n) is 6.00. The van der Waals surface area contributed by atoms with Gasteiger partial charge in [-0.25, -0.2) is 0 Å². The monoisotopic (exact) mass is 280 g/mol. The molecule has 0 spiro atoms. The Kier molecular flexibility index (Phi) is 5.55. The van der Waals surface area contributed by atoms with Crippen molar-refractivity contribution in [3.8, 4) is 0 Å². The van der Waals surface area contributed by atoms with E-state index in [1.165, 1.54) is 22.3 Å². The molecule has 2 unspecified atom stereocenters. The van der Waals surface area contributed by atoms with Gasteiger partial charge < -0.3 is 0 Å². The van der Waals surface area contributed by atoms with E-state index < -0.39 is 0 Å². The van der Waals surface area contributed by atoms with Crippen LogP contribution in [0.3, 0.4) is 0 Å². The first kappa shape index (κ1) is 15.8. The van der Waals surface area contributed by atoms with Gasteiger partial charge in [-0.3, -0.25) is 4.98 Å². The van der Waals surface area contributed by atoms with Crippen LogP contribution in [0.2, 0.25) is 0 Å². The van der Waals surface area contributed by atoms with E-state index >= 15 is 0 Å². The van der Waals surface area contributed by atoms with Gasteiger partial charge in [0, 0.05) is 6.20 Å². The van der Waals surface area contributed by atoms with Crippen LogP contribution >= 0.6 is 0 Å². The second kappa shape index (κ2) is 7.40. The number of pyridine rings is 1. The maximum Gasteiger partial charge on any atom is 0.0926 e. The van der Waals surface area contributed by atoms with E-state index in [0.717, 1.165) is 19.3 Å². The molecule has 1 aromatic heterocycles. The summed E-state index contributed by atoms with van der Waals surface area (Å²) in [4.78, 5) is 4.40. The van der Waals surface area contributed by atoms with Crippen LogP contribution in [0.5, 0.6) is 0 Å². The Morgan fingerprint density at radius 2 is 1.67 bits per heavy atom. The summed E-state index contributed by atoms with van der Waals surface area (Å²) in [6.07, 6.45) is 8.56. The third kappa shape index (κ3) is 3.72. The summed E-state index contributed by atoms with van der Waals surface area (Å²) in [5.41, 5.74) is 5.51. The Labute approximate surface area is 129 Å². The quantitative estimate of drug-likeness (QED) is 0.681. The van der Waals surface area contributed by atoms with Crippen LogP contribution in [0.25, 0.3) is 0 Å². The van der Waals surface area contributed by atoms with Gasteiger partial charge in [0.2, 0.25) is 0 Å². The SMILES string of the molecule is CCC(C)c1[c]ncc(C(C)CC)c1Cc1ccccc1. The zero-order valence-electron chi connectivity index (χ0n) is 13.7. The fourth-order valence-electron chi connectivity index (χ4n) is 2.73. The molecule has 0 N–H and O–H groups in total. The predicted octanol–water partition coefficient (Wildman–Crippen LogP) is 5.50. The van der Waals surface area contributed by atoms with Crippen molar-refractivity contribution in [2.75, 3.05) is 0 Å². The van der Waals surface area contributed by atoms with Crippen molar-refractivity contribution in [1.82, 2.24) is 4.98 Å². The zero-order chi connectivity index (χ0) is 15.2. The van der Waals surface area contributed by atoms with Crippen LogP contribution in [0.4, 0.5) is 0 Å². The normalized spacial score (nSPS) is 13.9. The molecule has 1 heteroatoms. The third-order valence-corrected chi connectivity index (χ3v) is 4.53. The van der Waals surface area contributed by atoms with E-state index in [9.17, 15) is 0 Å². The molecule has 2 aromatic rings. The summed E-state index contributed by atoms with van der Waals surface area (Å²) in [5, 5.41) is 0. The van der Waals surface area contributed by atoms with Gasteiger partial charge in [0.05, 0.1) is 6.20 Å². The molecule has 1 heterocycles. The topological polar surface area (TPSA) is 12.9 Å². The van der Waals surface area contributed by atoms with Crippen LogP contribution in [-0.4, -0.2) is 4.98 Å². The number of hydrogen-bond acceptors (Lipinski definition) is 1. The molecule has 0 saturated heterocycles. The molecular weight excluding hydrogens is 254 g/mol. The standard InChI is InChI=1S/C20H26N/c1-5-15(3)19-13-21-14-20(16(4)6-2)18(19)12-17-10-8-7-9-11-17/h7-11,13,15-16H,5-6,12H2,1-4H3. The average Bonchev–Trinajstić information content (AvgIpc) is 2.54. The maximum atomic E-state index is 4.40. The van der Waals surface area contributed by atoms with Gasteiger partial charge in [0.25, 0.3) is 0 Å². The molecule has 111 valence electrons. The van der Waals surface area contributed by atoms with E-state index in [1.807, 2.05) is 6.20 Å². The number of benzene rings is 1. The first-order valence-corrected chi connectivity index (χ1v) is 8.10. The lowest BCUT2D eigenvalue weighted by Gasteiger charge is -2.21. The molecular formula is C20H26N. The highest BCUT2D eigenvalue weighted by molar-refractivity contribution is 5.39. The lowest BCUT2D eigenvalue weighted by molar-refractivity contribution is 0.687. The van der Waals surface area contributed by atoms with Gasteiger partial charge in [-0.15, -0.1) is 0 Å². The number of aromatic nitrogens is 1. The molecule has 0 aliphatic heterocycles. The Morgan fingerprint density at radius 3 is 2.29 bits per heavy atom. The van der Waals surface area contributed by atoms with Crippen LogP contribution < -0.4 is 0 Å². The molecule has 0 aliphatic rings. The Hall–Kier alpha value is -1.63. The minimum atomic E-state index is 0.514. The van der Waals surface area contributed by atoms with Gasteiger partial charge in [0.15, 0.2) is 0 Å². The predicted molar refractivity (Wildman–Crippen MR) is 89.7 cm³/mol. The number of rotatable bonds is 6. The highest BCUT2D eigenvalue weighted by Gasteiger charge is 2.17. The molecule has 0 amide bonds. The van der Waals surface area contributed by atoms with Crippen LogP contribution in [-0.2, 0) is 6.42 Å². The summed E-state index contributed by atoms with van der Waals surface area (Å²) in [6, 6.07) is 10.7. The fourth-order valence-corrected chi connectivity index (χ4v) is 2.73. The van der Waals surface area contributed by atoms with Crippen LogP contribution in [0.1, 0.15) is 74.6 Å². The van der Waals surface area contributed by atoms with Gasteiger partial charge in [-0.05, 0) is 53.4 Å². The Bertz CT molecular complexity index is 531. The fraction of sp³-hybridized carbons (Fsp3) is 0.450. The lowest BCUT2D eigenvalue weighted by atomic mass is 9.85. The van der Waals surface area contributed by atoms with Crippen molar-refractivity contribution >= 4 is 0 Å². The lowest BCUT2D eigenvalue weighted by Crippen LogP contribution is -2.08. The maximum absolute atomic E-state index is 4.40. The van der Waals surface area contributed by atoms with Gasteiger partial charge in [-0.2, -0.15) is 0 Å². The van der Waals surface area contributed by atoms with Crippen molar-refractivity contribution in [3.05, 3.63) is 65.0 Å². The zero-order valence-corrected chi connectivity index (χ0v) is 13.7. The van der Waals surface area contributed by atoms with E-state index in [2.05, 4.69) is 69.2 Å². The first-order valence-electron chi connectivity index (χ1n) is 8.10. The summed E-state index contributed by atoms with van der Waals surface area (Å²) >= 11 is 0. The van der Waals surface area contributed by atoms with Crippen LogP contribution in [0, 0.1) is 6.20 Å². The molecule has 1 aromatic carbocycles. The number of hydrogen-bond donors (Lipinski definition) is 0. The van der Waals surface area contributed by atoms with Crippen molar-refractivity contribution in [2.24, 2.45) is 0 Å². The molecule has 0 fully saturated rings. The van der Waals surface area contributed by atoms with Crippen molar-refractivity contribution in [1.29, 1.82) is 0 Å². The van der Waals surface area contributed by atoms with Crippen molar-refractivity contribution in [2.45, 2.75) is 58.8 Å². The van der Waals surface area contributed by atoms with Crippen molar-refractivity contribution in [3.63, 3.8) is 0 Å². The minimum Gasteiger partial charge on any atom is -0.254 e. The summed E-state index contributed by atoms with van der Waals surface area (Å²) in [6.45, 7) is 9.06.